The van der Waals surface area contributed by atoms with Crippen molar-refractivity contribution in [3.8, 4) is 0 Å². The van der Waals surface area contributed by atoms with E-state index >= 15 is 0 Å². The summed E-state index contributed by atoms with van der Waals surface area (Å²) in [6.45, 7) is 1.56. The number of unbranched alkanes of at least 4 members (excludes halogenated alkanes) is 32. The number of hydrogen-bond acceptors (Lipinski definition) is 8. The Bertz CT molecular complexity index is 1090. The van der Waals surface area contributed by atoms with Gasteiger partial charge in [0.1, 0.15) is 30.1 Å². The monoisotopic (exact) mass is 898 g/mol. The van der Waals surface area contributed by atoms with Gasteiger partial charge in [-0.15, -0.1) is 0 Å². The van der Waals surface area contributed by atoms with Crippen LogP contribution in [0, 0.1) is 5.41 Å². The molecule has 0 radical (unpaired) electrons. The van der Waals surface area contributed by atoms with Crippen LogP contribution in [0.2, 0.25) is 0 Å². The highest BCUT2D eigenvalue weighted by molar-refractivity contribution is 5.76. The van der Waals surface area contributed by atoms with Gasteiger partial charge in [0.25, 0.3) is 0 Å². The van der Waals surface area contributed by atoms with Gasteiger partial charge in [0.05, 0.1) is 25.4 Å². The molecule has 1 heterocycles. The number of hydrogen-bond donors (Lipinski definition) is 6. The van der Waals surface area contributed by atoms with Crippen LogP contribution in [-0.4, -0.2) is 93.2 Å². The van der Waals surface area contributed by atoms with Crippen molar-refractivity contribution < 1.29 is 44.2 Å². The Morgan fingerprint density at radius 3 is 1.41 bits per heavy atom. The van der Waals surface area contributed by atoms with Crippen molar-refractivity contribution in [1.29, 1.82) is 0 Å². The summed E-state index contributed by atoms with van der Waals surface area (Å²) in [5, 5.41) is 54.5. The van der Waals surface area contributed by atoms with Crippen molar-refractivity contribution >= 4 is 5.91 Å². The van der Waals surface area contributed by atoms with E-state index < -0.39 is 55.1 Å². The Morgan fingerprint density at radius 2 is 1.00 bits per heavy atom. The summed E-state index contributed by atoms with van der Waals surface area (Å²) in [4.78, 5) is 13.0. The molecule has 372 valence electrons. The minimum Gasteiger partial charge on any atom is -0.394 e. The molecule has 2 bridgehead atoms. The van der Waals surface area contributed by atoms with Crippen molar-refractivity contribution in [1.82, 2.24) is 5.32 Å². The van der Waals surface area contributed by atoms with E-state index in [4.69, 9.17) is 9.47 Å². The fourth-order valence-electron chi connectivity index (χ4n) is 10.8. The summed E-state index contributed by atoms with van der Waals surface area (Å²) in [6, 6.07) is -0.718. The standard InChI is InChI=1S/C53H100FNO8/c1-2-3-4-5-6-7-8-18-21-24-27-30-33-36-45(57)44(40-62-51-50(61)49(60)48(59)46(39-56)63-51)55-47(58)37-34-31-28-25-22-19-16-14-12-10-9-11-13-15-17-20-23-26-29-32-35-38-52-41-53(54,42-52)43-52/h44-46,48-51,56-57,59-61H,2-43H2,1H3,(H,55,58)/t44-,45+,46+,48-,49-,50+,51-,52?,53?/m0/s1. The molecule has 3 saturated carbocycles. The predicted molar refractivity (Wildman–Crippen MR) is 254 cm³/mol. The summed E-state index contributed by atoms with van der Waals surface area (Å²) < 4.78 is 24.9. The van der Waals surface area contributed by atoms with Crippen molar-refractivity contribution in [2.24, 2.45) is 5.41 Å². The fourth-order valence-corrected chi connectivity index (χ4v) is 10.8. The molecule has 0 aromatic heterocycles. The van der Waals surface area contributed by atoms with Crippen molar-refractivity contribution in [3.63, 3.8) is 0 Å². The highest BCUT2D eigenvalue weighted by Crippen LogP contribution is 2.71. The van der Waals surface area contributed by atoms with E-state index in [1.54, 1.807) is 0 Å². The highest BCUT2D eigenvalue weighted by atomic mass is 19.1. The second kappa shape index (κ2) is 34.4. The van der Waals surface area contributed by atoms with Crippen LogP contribution in [0.1, 0.15) is 264 Å². The Labute approximate surface area is 385 Å². The van der Waals surface area contributed by atoms with Gasteiger partial charge in [-0.1, -0.05) is 219 Å². The molecule has 0 aromatic carbocycles. The largest absolute Gasteiger partial charge is 0.394 e. The lowest BCUT2D eigenvalue weighted by atomic mass is 9.41. The Balaban J connectivity index is 1.14. The third kappa shape index (κ3) is 24.1. The number of carbonyl (C=O) groups excluding carboxylic acids is 1. The van der Waals surface area contributed by atoms with E-state index in [0.717, 1.165) is 57.8 Å². The minimum absolute atomic E-state index is 0.137. The van der Waals surface area contributed by atoms with Crippen LogP contribution in [0.5, 0.6) is 0 Å². The highest BCUT2D eigenvalue weighted by Gasteiger charge is 2.68. The van der Waals surface area contributed by atoms with Crippen LogP contribution >= 0.6 is 0 Å². The van der Waals surface area contributed by atoms with Crippen LogP contribution in [0.15, 0.2) is 0 Å². The summed E-state index contributed by atoms with van der Waals surface area (Å²) in [5.74, 6) is -0.144. The van der Waals surface area contributed by atoms with Crippen LogP contribution < -0.4 is 5.32 Å². The zero-order valence-electron chi connectivity index (χ0n) is 40.6. The molecule has 1 aliphatic heterocycles. The number of ether oxygens (including phenoxy) is 2. The zero-order chi connectivity index (χ0) is 45.4. The van der Waals surface area contributed by atoms with E-state index in [0.29, 0.717) is 18.3 Å². The van der Waals surface area contributed by atoms with Crippen LogP contribution in [-0.2, 0) is 14.3 Å². The van der Waals surface area contributed by atoms with Gasteiger partial charge in [-0.25, -0.2) is 4.39 Å². The first kappa shape index (κ1) is 56.4. The van der Waals surface area contributed by atoms with Gasteiger partial charge in [0, 0.05) is 6.42 Å². The summed E-state index contributed by atoms with van der Waals surface area (Å²) in [7, 11) is 0. The van der Waals surface area contributed by atoms with Gasteiger partial charge < -0.3 is 40.3 Å². The number of alkyl halides is 1. The maximum Gasteiger partial charge on any atom is 0.220 e. The van der Waals surface area contributed by atoms with Gasteiger partial charge >= 0.3 is 0 Å². The molecule has 4 aliphatic rings. The van der Waals surface area contributed by atoms with Gasteiger partial charge in [0.15, 0.2) is 6.29 Å². The molecule has 4 rings (SSSR count). The quantitative estimate of drug-likeness (QED) is 0.0331. The zero-order valence-corrected chi connectivity index (χ0v) is 40.6. The van der Waals surface area contributed by atoms with Gasteiger partial charge in [-0.2, -0.15) is 0 Å². The number of halogens is 1. The molecule has 4 fully saturated rings. The third-order valence-corrected chi connectivity index (χ3v) is 14.9. The second-order valence-corrected chi connectivity index (χ2v) is 20.9. The molecule has 63 heavy (non-hydrogen) atoms. The molecule has 1 amide bonds. The number of rotatable bonds is 44. The maximum atomic E-state index is 13.6. The molecule has 0 spiro atoms. The number of carbonyl (C=O) groups is 1. The molecule has 6 N–H and O–H groups in total. The molecular formula is C53H100FNO8. The van der Waals surface area contributed by atoms with Crippen molar-refractivity contribution in [3.05, 3.63) is 0 Å². The first-order valence-corrected chi connectivity index (χ1v) is 27.2. The summed E-state index contributed by atoms with van der Waals surface area (Å²) >= 11 is 0. The molecule has 10 heteroatoms. The SMILES string of the molecule is CCCCCCCCCCCCCCC[C@@H](O)[C@H](CO[C@H]1O[C@H](CO)[C@H](O)[C@H](O)[C@H]1O)NC(=O)CCCCCCCCCCCCCCCCCCCCCCCC12CC(F)(C1)C2. The van der Waals surface area contributed by atoms with E-state index in [9.17, 15) is 34.7 Å². The predicted octanol–water partition coefficient (Wildman–Crippen LogP) is 12.0. The summed E-state index contributed by atoms with van der Waals surface area (Å²) in [6.07, 6.45) is 40.1. The van der Waals surface area contributed by atoms with Gasteiger partial charge in [0.2, 0.25) is 5.91 Å². The Kier molecular flexibility index (Phi) is 30.8. The normalized spacial score (nSPS) is 26.3. The Hall–Kier alpha value is -0.880. The molecule has 7 atom stereocenters. The average Bonchev–Trinajstić information content (AvgIpc) is 3.25. The number of amides is 1. The fraction of sp³-hybridized carbons (Fsp3) is 0.981. The molecule has 0 unspecified atom stereocenters. The Morgan fingerprint density at radius 1 is 0.603 bits per heavy atom. The van der Waals surface area contributed by atoms with Crippen LogP contribution in [0.4, 0.5) is 4.39 Å². The van der Waals surface area contributed by atoms with Gasteiger partial charge in [-0.05, 0) is 43.9 Å². The van der Waals surface area contributed by atoms with E-state index in [-0.39, 0.29) is 12.5 Å². The molecule has 1 saturated heterocycles. The number of nitrogens with one attached hydrogen (secondary N) is 1. The van der Waals surface area contributed by atoms with E-state index in [1.165, 1.54) is 186 Å². The third-order valence-electron chi connectivity index (χ3n) is 14.9. The number of aliphatic hydroxyl groups is 5. The smallest absolute Gasteiger partial charge is 0.220 e. The minimum atomic E-state index is -1.55. The van der Waals surface area contributed by atoms with Crippen molar-refractivity contribution in [2.75, 3.05) is 13.2 Å². The van der Waals surface area contributed by atoms with Crippen LogP contribution in [0.3, 0.4) is 0 Å². The lowest BCUT2D eigenvalue weighted by Crippen LogP contribution is -2.64. The summed E-state index contributed by atoms with van der Waals surface area (Å²) in [5.41, 5.74) is -0.278. The number of aliphatic hydroxyl groups excluding tert-OH is 5. The van der Waals surface area contributed by atoms with Crippen molar-refractivity contribution in [2.45, 2.75) is 312 Å². The lowest BCUT2D eigenvalue weighted by Gasteiger charge is -2.66. The van der Waals surface area contributed by atoms with E-state index in [1.807, 2.05) is 0 Å². The molecule has 3 aliphatic carbocycles. The second-order valence-electron chi connectivity index (χ2n) is 20.9. The van der Waals surface area contributed by atoms with Crippen LogP contribution in [0.25, 0.3) is 0 Å². The first-order valence-electron chi connectivity index (χ1n) is 27.2. The lowest BCUT2D eigenvalue weighted by molar-refractivity contribution is -0.302. The molecular weight excluding hydrogens is 798 g/mol. The first-order chi connectivity index (χ1) is 30.6. The molecule has 9 nitrogen and oxygen atoms in total. The van der Waals surface area contributed by atoms with Gasteiger partial charge in [-0.3, -0.25) is 4.79 Å². The maximum absolute atomic E-state index is 13.6. The topological polar surface area (TPSA) is 149 Å². The molecule has 0 aromatic rings. The van der Waals surface area contributed by atoms with E-state index in [2.05, 4.69) is 12.2 Å². The average molecular weight is 898 g/mol.